The van der Waals surface area contributed by atoms with Crippen LogP contribution in [0.4, 0.5) is 0 Å². The number of aromatic nitrogens is 3. The number of thiazole rings is 1. The first kappa shape index (κ1) is 17.9. The largest absolute Gasteiger partial charge is 0.492 e. The number of rotatable bonds is 4. The summed E-state index contributed by atoms with van der Waals surface area (Å²) in [6, 6.07) is 8.26. The normalized spacial score (nSPS) is 17.3. The SMILES string of the molecule is COC(=O)C1CCN(C(c2ccc(C)cc2)c2sc3ncnn3c2O)CC1. The number of esters is 1. The molecule has 3 heterocycles. The van der Waals surface area contributed by atoms with E-state index >= 15 is 0 Å². The first-order valence-corrected chi connectivity index (χ1v) is 9.80. The molecule has 142 valence electrons. The van der Waals surface area contributed by atoms with Gasteiger partial charge in [-0.25, -0.2) is 4.98 Å². The van der Waals surface area contributed by atoms with Crippen LogP contribution in [0.5, 0.6) is 5.88 Å². The van der Waals surface area contributed by atoms with E-state index in [-0.39, 0.29) is 23.8 Å². The Kier molecular flexibility index (Phi) is 4.84. The second-order valence-corrected chi connectivity index (χ2v) is 7.90. The van der Waals surface area contributed by atoms with E-state index in [4.69, 9.17) is 4.74 Å². The van der Waals surface area contributed by atoms with Gasteiger partial charge in [0.25, 0.3) is 0 Å². The molecule has 1 aliphatic heterocycles. The maximum absolute atomic E-state index is 11.9. The minimum atomic E-state index is -0.136. The molecule has 2 aromatic heterocycles. The molecule has 1 aliphatic rings. The summed E-state index contributed by atoms with van der Waals surface area (Å²) in [5.74, 6) is -0.0582. The minimum absolute atomic E-state index is 0.0548. The van der Waals surface area contributed by atoms with Crippen LogP contribution in [-0.2, 0) is 9.53 Å². The van der Waals surface area contributed by atoms with Crippen LogP contribution in [0.25, 0.3) is 4.96 Å². The summed E-state index contributed by atoms with van der Waals surface area (Å²) in [6.45, 7) is 3.57. The monoisotopic (exact) mass is 386 g/mol. The van der Waals surface area contributed by atoms with Gasteiger partial charge in [0, 0.05) is 0 Å². The second kappa shape index (κ2) is 7.28. The molecule has 7 nitrogen and oxygen atoms in total. The van der Waals surface area contributed by atoms with Crippen molar-refractivity contribution >= 4 is 22.3 Å². The van der Waals surface area contributed by atoms with Crippen LogP contribution in [0.1, 0.15) is 34.9 Å². The molecule has 0 saturated carbocycles. The first-order chi connectivity index (χ1) is 13.1. The number of aryl methyl sites for hydroxylation is 1. The summed E-state index contributed by atoms with van der Waals surface area (Å²) < 4.78 is 6.38. The van der Waals surface area contributed by atoms with Crippen molar-refractivity contribution < 1.29 is 14.6 Å². The molecule has 0 radical (unpaired) electrons. The van der Waals surface area contributed by atoms with Gasteiger partial charge in [-0.3, -0.25) is 9.69 Å². The zero-order valence-electron chi connectivity index (χ0n) is 15.3. The highest BCUT2D eigenvalue weighted by atomic mass is 32.1. The molecule has 4 rings (SSSR count). The lowest BCUT2D eigenvalue weighted by atomic mass is 9.93. The molecule has 0 amide bonds. The molecule has 0 aliphatic carbocycles. The summed E-state index contributed by atoms with van der Waals surface area (Å²) in [5, 5.41) is 14.9. The number of hydrogen-bond donors (Lipinski definition) is 1. The molecular formula is C19H22N4O3S. The van der Waals surface area contributed by atoms with Gasteiger partial charge in [-0.05, 0) is 38.4 Å². The molecule has 3 aromatic rings. The number of benzene rings is 1. The van der Waals surface area contributed by atoms with E-state index in [2.05, 4.69) is 46.2 Å². The summed E-state index contributed by atoms with van der Waals surface area (Å²) in [5.41, 5.74) is 2.30. The number of carbonyl (C=O) groups excluding carboxylic acids is 1. The van der Waals surface area contributed by atoms with E-state index in [0.717, 1.165) is 36.4 Å². The quantitative estimate of drug-likeness (QED) is 0.695. The molecular weight excluding hydrogens is 364 g/mol. The van der Waals surface area contributed by atoms with Gasteiger partial charge in [-0.2, -0.15) is 9.61 Å². The molecule has 0 bridgehead atoms. The fraction of sp³-hybridized carbons (Fsp3) is 0.421. The van der Waals surface area contributed by atoms with Crippen molar-refractivity contribution in [1.82, 2.24) is 19.5 Å². The van der Waals surface area contributed by atoms with E-state index in [1.165, 1.54) is 34.9 Å². The van der Waals surface area contributed by atoms with E-state index in [1.807, 2.05) is 0 Å². The number of ether oxygens (including phenoxy) is 1. The Morgan fingerprint density at radius 2 is 2.00 bits per heavy atom. The number of piperidine rings is 1. The van der Waals surface area contributed by atoms with Crippen LogP contribution in [0.3, 0.4) is 0 Å². The maximum atomic E-state index is 11.9. The molecule has 1 saturated heterocycles. The molecule has 1 unspecified atom stereocenters. The Hall–Kier alpha value is -2.45. The summed E-state index contributed by atoms with van der Waals surface area (Å²) in [7, 11) is 1.44. The van der Waals surface area contributed by atoms with Gasteiger partial charge >= 0.3 is 5.97 Å². The maximum Gasteiger partial charge on any atom is 0.308 e. The summed E-state index contributed by atoms with van der Waals surface area (Å²) >= 11 is 1.45. The van der Waals surface area contributed by atoms with Gasteiger partial charge < -0.3 is 9.84 Å². The first-order valence-electron chi connectivity index (χ1n) is 8.98. The number of hydrogen-bond acceptors (Lipinski definition) is 7. The predicted molar refractivity (Wildman–Crippen MR) is 102 cm³/mol. The van der Waals surface area contributed by atoms with Crippen molar-refractivity contribution in [2.24, 2.45) is 5.92 Å². The molecule has 1 atom stereocenters. The molecule has 1 fully saturated rings. The lowest BCUT2D eigenvalue weighted by Gasteiger charge is -2.36. The van der Waals surface area contributed by atoms with E-state index in [1.54, 1.807) is 0 Å². The third-order valence-corrected chi connectivity index (χ3v) is 6.30. The van der Waals surface area contributed by atoms with E-state index < -0.39 is 0 Å². The molecule has 1 N–H and O–H groups in total. The smallest absolute Gasteiger partial charge is 0.308 e. The van der Waals surface area contributed by atoms with Crippen molar-refractivity contribution in [2.45, 2.75) is 25.8 Å². The van der Waals surface area contributed by atoms with Crippen LogP contribution >= 0.6 is 11.3 Å². The standard InChI is InChI=1S/C19H22N4O3S/c1-12-3-5-13(6-4-12)15(16-17(24)23-19(27-16)20-11-21-23)22-9-7-14(8-10-22)18(25)26-2/h3-6,11,14-15,24H,7-10H2,1-2H3. The topological polar surface area (TPSA) is 80.0 Å². The van der Waals surface area contributed by atoms with Gasteiger partial charge in [-0.15, -0.1) is 0 Å². The fourth-order valence-corrected chi connectivity index (χ4v) is 4.80. The third-order valence-electron chi connectivity index (χ3n) is 5.21. The lowest BCUT2D eigenvalue weighted by molar-refractivity contribution is -0.147. The Morgan fingerprint density at radius 3 is 2.63 bits per heavy atom. The highest BCUT2D eigenvalue weighted by Crippen LogP contribution is 2.41. The molecule has 8 heteroatoms. The van der Waals surface area contributed by atoms with E-state index in [0.29, 0.717) is 4.96 Å². The summed E-state index contributed by atoms with van der Waals surface area (Å²) in [4.78, 5) is 19.9. The highest BCUT2D eigenvalue weighted by Gasteiger charge is 2.33. The minimum Gasteiger partial charge on any atom is -0.492 e. The average Bonchev–Trinajstić information content (AvgIpc) is 3.27. The Labute approximate surface area is 161 Å². The van der Waals surface area contributed by atoms with E-state index in [9.17, 15) is 9.90 Å². The molecule has 0 spiro atoms. The number of methoxy groups -OCH3 is 1. The van der Waals surface area contributed by atoms with Crippen LogP contribution in [0.15, 0.2) is 30.6 Å². The lowest BCUT2D eigenvalue weighted by Crippen LogP contribution is -2.39. The molecule has 1 aromatic carbocycles. The zero-order valence-corrected chi connectivity index (χ0v) is 16.1. The number of likely N-dealkylation sites (tertiary alicyclic amines) is 1. The Bertz CT molecular complexity index is 942. The van der Waals surface area contributed by atoms with Crippen LogP contribution < -0.4 is 0 Å². The number of carbonyl (C=O) groups is 1. The number of fused-ring (bicyclic) bond motifs is 1. The predicted octanol–water partition coefficient (Wildman–Crippen LogP) is 2.78. The van der Waals surface area contributed by atoms with Gasteiger partial charge in [0.1, 0.15) is 6.33 Å². The van der Waals surface area contributed by atoms with Gasteiger partial charge in [0.2, 0.25) is 10.8 Å². The third kappa shape index (κ3) is 3.30. The number of aromatic hydroxyl groups is 1. The van der Waals surface area contributed by atoms with Crippen molar-refractivity contribution in [1.29, 1.82) is 0 Å². The summed E-state index contributed by atoms with van der Waals surface area (Å²) in [6.07, 6.45) is 2.94. The van der Waals surface area contributed by atoms with Crippen LogP contribution in [0.2, 0.25) is 0 Å². The van der Waals surface area contributed by atoms with Gasteiger partial charge in [-0.1, -0.05) is 41.2 Å². The van der Waals surface area contributed by atoms with Crippen molar-refractivity contribution in [3.63, 3.8) is 0 Å². The van der Waals surface area contributed by atoms with Gasteiger partial charge in [0.05, 0.1) is 23.9 Å². The van der Waals surface area contributed by atoms with Crippen molar-refractivity contribution in [2.75, 3.05) is 20.2 Å². The van der Waals surface area contributed by atoms with Crippen molar-refractivity contribution in [3.8, 4) is 5.88 Å². The fourth-order valence-electron chi connectivity index (χ4n) is 3.71. The number of nitrogens with zero attached hydrogens (tertiary/aromatic N) is 4. The van der Waals surface area contributed by atoms with Crippen LogP contribution in [0, 0.1) is 12.8 Å². The highest BCUT2D eigenvalue weighted by molar-refractivity contribution is 7.17. The second-order valence-electron chi connectivity index (χ2n) is 6.89. The van der Waals surface area contributed by atoms with Gasteiger partial charge in [0.15, 0.2) is 0 Å². The van der Waals surface area contributed by atoms with Crippen molar-refractivity contribution in [3.05, 3.63) is 46.6 Å². The average molecular weight is 386 g/mol. The molecule has 27 heavy (non-hydrogen) atoms. The Morgan fingerprint density at radius 1 is 1.30 bits per heavy atom. The van der Waals surface area contributed by atoms with Crippen LogP contribution in [-0.4, -0.2) is 50.8 Å². The Balaban J connectivity index is 1.69. The zero-order chi connectivity index (χ0) is 19.0.